The number of carbonyl (C=O) groups is 1. The van der Waals surface area contributed by atoms with E-state index in [9.17, 15) is 4.79 Å². The van der Waals surface area contributed by atoms with E-state index >= 15 is 0 Å². The number of benzene rings is 2. The minimum Gasteiger partial charge on any atom is -0.369 e. The first-order valence-electron chi connectivity index (χ1n) is 9.97. The van der Waals surface area contributed by atoms with Crippen molar-refractivity contribution in [2.24, 2.45) is 4.99 Å². The molecule has 1 fully saturated rings. The molecule has 1 amide bonds. The molecule has 2 aliphatic rings. The first kappa shape index (κ1) is 19.8. The van der Waals surface area contributed by atoms with Crippen molar-refractivity contribution in [3.05, 3.63) is 64.1 Å². The number of anilines is 1. The van der Waals surface area contributed by atoms with Crippen molar-refractivity contribution >= 4 is 40.3 Å². The van der Waals surface area contributed by atoms with Crippen molar-refractivity contribution in [1.29, 1.82) is 0 Å². The van der Waals surface area contributed by atoms with E-state index in [0.717, 1.165) is 17.7 Å². The van der Waals surface area contributed by atoms with Crippen LogP contribution in [0.25, 0.3) is 6.08 Å². The molecule has 1 saturated heterocycles. The summed E-state index contributed by atoms with van der Waals surface area (Å²) in [6.45, 7) is 9.00. The zero-order valence-corrected chi connectivity index (χ0v) is 18.4. The molecule has 0 aliphatic carbocycles. The third-order valence-electron chi connectivity index (χ3n) is 5.95. The van der Waals surface area contributed by atoms with Crippen LogP contribution in [0.3, 0.4) is 0 Å². The fraction of sp³-hybridized carbons (Fsp3) is 0.333. The molecule has 0 bridgehead atoms. The fourth-order valence-electron chi connectivity index (χ4n) is 4.13. The van der Waals surface area contributed by atoms with Crippen LogP contribution < -0.4 is 10.2 Å². The molecular formula is C24H27N3OS. The predicted octanol–water partition coefficient (Wildman–Crippen LogP) is 5.61. The lowest BCUT2D eigenvalue weighted by Crippen LogP contribution is -2.45. The highest BCUT2D eigenvalue weighted by molar-refractivity contribution is 8.18. The predicted molar refractivity (Wildman–Crippen MR) is 124 cm³/mol. The Bertz CT molecular complexity index is 1020. The van der Waals surface area contributed by atoms with Gasteiger partial charge in [0.05, 0.1) is 10.6 Å². The second kappa shape index (κ2) is 7.38. The maximum absolute atomic E-state index is 12.5. The molecule has 0 spiro atoms. The molecule has 0 radical (unpaired) electrons. The van der Waals surface area contributed by atoms with Crippen LogP contribution >= 0.6 is 11.8 Å². The Labute approximate surface area is 177 Å². The van der Waals surface area contributed by atoms with Gasteiger partial charge in [-0.3, -0.25) is 4.79 Å². The van der Waals surface area contributed by atoms with E-state index < -0.39 is 0 Å². The summed E-state index contributed by atoms with van der Waals surface area (Å²) in [6, 6.07) is 14.2. The Balaban J connectivity index is 1.66. The number of nitrogens with zero attached hydrogens (tertiary/aromatic N) is 2. The van der Waals surface area contributed by atoms with Crippen LogP contribution in [0.1, 0.15) is 49.8 Å². The standard InChI is InChI=1S/C24H27N3OS/c1-15-11-20-19(16(2)14-24(3,4)27(20)5)12-17(15)13-21-22(28)26-23(29-21)25-18-9-7-6-8-10-18/h6-13,16H,14H2,1-5H3,(H,25,26,28)/b21-13+. The van der Waals surface area contributed by atoms with Gasteiger partial charge in [-0.2, -0.15) is 0 Å². The number of thioether (sulfide) groups is 1. The second-order valence-electron chi connectivity index (χ2n) is 8.56. The molecule has 2 heterocycles. The summed E-state index contributed by atoms with van der Waals surface area (Å²) in [7, 11) is 2.18. The molecule has 1 unspecified atom stereocenters. The average molecular weight is 406 g/mol. The maximum Gasteiger partial charge on any atom is 0.264 e. The minimum absolute atomic E-state index is 0.0897. The van der Waals surface area contributed by atoms with E-state index in [4.69, 9.17) is 0 Å². The highest BCUT2D eigenvalue weighted by Crippen LogP contribution is 2.44. The summed E-state index contributed by atoms with van der Waals surface area (Å²) in [4.78, 5) is 20.1. The number of amides is 1. The topological polar surface area (TPSA) is 44.7 Å². The van der Waals surface area contributed by atoms with E-state index in [1.165, 1.54) is 28.6 Å². The Hall–Kier alpha value is -2.53. The van der Waals surface area contributed by atoms with Crippen LogP contribution in [0.5, 0.6) is 0 Å². The Morgan fingerprint density at radius 3 is 2.69 bits per heavy atom. The van der Waals surface area contributed by atoms with Crippen LogP contribution in [-0.4, -0.2) is 23.7 Å². The number of carbonyl (C=O) groups excluding carboxylic acids is 1. The van der Waals surface area contributed by atoms with Crippen LogP contribution in [-0.2, 0) is 4.79 Å². The lowest BCUT2D eigenvalue weighted by Gasteiger charge is -2.45. The summed E-state index contributed by atoms with van der Waals surface area (Å²) in [5.41, 5.74) is 5.90. The van der Waals surface area contributed by atoms with E-state index in [2.05, 4.69) is 62.1 Å². The van der Waals surface area contributed by atoms with Crippen molar-refractivity contribution < 1.29 is 4.79 Å². The molecule has 1 atom stereocenters. The number of hydrogen-bond donors (Lipinski definition) is 1. The zero-order valence-electron chi connectivity index (χ0n) is 17.6. The number of amidine groups is 1. The molecule has 0 aromatic heterocycles. The monoisotopic (exact) mass is 405 g/mol. The highest BCUT2D eigenvalue weighted by atomic mass is 32.2. The van der Waals surface area contributed by atoms with Gasteiger partial charge in [-0.25, -0.2) is 4.99 Å². The Morgan fingerprint density at radius 1 is 1.24 bits per heavy atom. The number of rotatable bonds is 2. The summed E-state index contributed by atoms with van der Waals surface area (Å²) >= 11 is 1.40. The number of hydrogen-bond acceptors (Lipinski definition) is 4. The van der Waals surface area contributed by atoms with Crippen LogP contribution in [0.2, 0.25) is 0 Å². The smallest absolute Gasteiger partial charge is 0.264 e. The molecule has 2 aromatic carbocycles. The molecule has 29 heavy (non-hydrogen) atoms. The van der Waals surface area contributed by atoms with Gasteiger partial charge in [0.1, 0.15) is 0 Å². The molecule has 2 aliphatic heterocycles. The van der Waals surface area contributed by atoms with Gasteiger partial charge >= 0.3 is 0 Å². The fourth-order valence-corrected chi connectivity index (χ4v) is 4.96. The maximum atomic E-state index is 12.5. The molecule has 0 saturated carbocycles. The summed E-state index contributed by atoms with van der Waals surface area (Å²) in [5, 5.41) is 3.50. The van der Waals surface area contributed by atoms with Crippen molar-refractivity contribution in [3.63, 3.8) is 0 Å². The second-order valence-corrected chi connectivity index (χ2v) is 9.59. The zero-order chi connectivity index (χ0) is 20.8. The van der Waals surface area contributed by atoms with E-state index in [1.807, 2.05) is 36.4 Å². The van der Waals surface area contributed by atoms with Gasteiger partial charge < -0.3 is 10.2 Å². The quantitative estimate of drug-likeness (QED) is 0.661. The van der Waals surface area contributed by atoms with Crippen molar-refractivity contribution in [2.75, 3.05) is 11.9 Å². The van der Waals surface area contributed by atoms with E-state index in [0.29, 0.717) is 16.0 Å². The summed E-state index contributed by atoms with van der Waals surface area (Å²) < 4.78 is 0. The van der Waals surface area contributed by atoms with Gasteiger partial charge in [0, 0.05) is 18.3 Å². The molecule has 5 heteroatoms. The van der Waals surface area contributed by atoms with E-state index in [-0.39, 0.29) is 11.4 Å². The van der Waals surface area contributed by atoms with Gasteiger partial charge in [-0.1, -0.05) is 25.1 Å². The molecule has 2 aromatic rings. The number of aryl methyl sites for hydroxylation is 1. The molecular weight excluding hydrogens is 378 g/mol. The lowest BCUT2D eigenvalue weighted by atomic mass is 9.79. The number of aliphatic imine (C=N–C) groups is 1. The lowest BCUT2D eigenvalue weighted by molar-refractivity contribution is -0.115. The average Bonchev–Trinajstić information content (AvgIpc) is 3.00. The summed E-state index contributed by atoms with van der Waals surface area (Å²) in [5.74, 6) is 0.391. The Kier molecular flexibility index (Phi) is 5.03. The third-order valence-corrected chi connectivity index (χ3v) is 6.86. The van der Waals surface area contributed by atoms with Crippen LogP contribution in [0.15, 0.2) is 52.4 Å². The van der Waals surface area contributed by atoms with Crippen molar-refractivity contribution in [2.45, 2.75) is 45.6 Å². The largest absolute Gasteiger partial charge is 0.369 e. The molecule has 150 valence electrons. The van der Waals surface area contributed by atoms with Gasteiger partial charge in [0.2, 0.25) is 0 Å². The molecule has 4 rings (SSSR count). The van der Waals surface area contributed by atoms with Crippen LogP contribution in [0, 0.1) is 6.92 Å². The number of fused-ring (bicyclic) bond motifs is 1. The van der Waals surface area contributed by atoms with Crippen LogP contribution in [0.4, 0.5) is 11.4 Å². The summed E-state index contributed by atoms with van der Waals surface area (Å²) in [6.07, 6.45) is 3.11. The number of para-hydroxylation sites is 1. The Morgan fingerprint density at radius 2 is 1.97 bits per heavy atom. The van der Waals surface area contributed by atoms with Gasteiger partial charge in [0.25, 0.3) is 5.91 Å². The van der Waals surface area contributed by atoms with Gasteiger partial charge in [-0.05, 0) is 91.9 Å². The first-order chi connectivity index (χ1) is 13.7. The van der Waals surface area contributed by atoms with Gasteiger partial charge in [-0.15, -0.1) is 0 Å². The van der Waals surface area contributed by atoms with E-state index in [1.54, 1.807) is 0 Å². The molecule has 4 nitrogen and oxygen atoms in total. The normalized spacial score (nSPS) is 23.4. The third kappa shape index (κ3) is 3.84. The van der Waals surface area contributed by atoms with Gasteiger partial charge in [0.15, 0.2) is 5.17 Å². The van der Waals surface area contributed by atoms with Crippen molar-refractivity contribution in [1.82, 2.24) is 5.32 Å². The SMILES string of the molecule is Cc1cc2c(cc1/C=C1/SC(=Nc3ccccc3)NC1=O)C(C)CC(C)(C)N2C. The van der Waals surface area contributed by atoms with Crippen molar-refractivity contribution in [3.8, 4) is 0 Å². The highest BCUT2D eigenvalue weighted by Gasteiger charge is 2.34. The first-order valence-corrected chi connectivity index (χ1v) is 10.8. The number of nitrogens with one attached hydrogen (secondary N) is 1. The molecule has 1 N–H and O–H groups in total. The minimum atomic E-state index is -0.0897.